The van der Waals surface area contributed by atoms with Gasteiger partial charge in [-0.1, -0.05) is 42.5 Å². The van der Waals surface area contributed by atoms with Gasteiger partial charge in [-0.2, -0.15) is 0 Å². The summed E-state index contributed by atoms with van der Waals surface area (Å²) in [6, 6.07) is 15.8. The average molecular weight is 462 g/mol. The summed E-state index contributed by atoms with van der Waals surface area (Å²) in [5.41, 5.74) is 1.42. The first-order chi connectivity index (χ1) is 16.0. The Morgan fingerprint density at radius 3 is 2.15 bits per heavy atom. The van der Waals surface area contributed by atoms with Gasteiger partial charge in [-0.15, -0.1) is 0 Å². The fraction of sp³-hybridized carbons (Fsp3) is 0.321. The number of hydrogen-bond acceptors (Lipinski definition) is 5. The highest BCUT2D eigenvalue weighted by Crippen LogP contribution is 2.35. The maximum Gasteiger partial charge on any atom is 0.255 e. The number of carbonyl (C=O) groups is 3. The van der Waals surface area contributed by atoms with Crippen LogP contribution in [0.5, 0.6) is 5.75 Å². The first-order valence-corrected chi connectivity index (χ1v) is 11.3. The van der Waals surface area contributed by atoms with E-state index in [1.54, 1.807) is 39.8 Å². The first-order valence-electron chi connectivity index (χ1n) is 11.3. The van der Waals surface area contributed by atoms with Crippen molar-refractivity contribution in [2.24, 2.45) is 5.92 Å². The maximum atomic E-state index is 13.3. The van der Waals surface area contributed by atoms with Gasteiger partial charge in [0.2, 0.25) is 0 Å². The van der Waals surface area contributed by atoms with Gasteiger partial charge in [0.05, 0.1) is 11.2 Å². The van der Waals surface area contributed by atoms with Crippen LogP contribution in [-0.2, 0) is 16.0 Å². The molecule has 1 aliphatic carbocycles. The van der Waals surface area contributed by atoms with E-state index < -0.39 is 17.4 Å². The molecule has 0 aromatic heterocycles. The van der Waals surface area contributed by atoms with Crippen molar-refractivity contribution in [3.8, 4) is 5.75 Å². The standard InChI is InChI=1S/C28H31NO5/c1-17-18(2)26(32)24(19(3)25(17)31)21(14-20-10-6-5-7-11-20)15-28(4,34)16-29-27(33)22-12-8-9-13-23(22)30/h5-13,21,30,34H,14-16H2,1-4H3,(H,29,33). The number of carbonyl (C=O) groups excluding carboxylic acids is 3. The molecular weight excluding hydrogens is 430 g/mol. The second-order valence-corrected chi connectivity index (χ2v) is 9.23. The molecule has 1 amide bonds. The molecule has 1 aliphatic rings. The molecule has 6 nitrogen and oxygen atoms in total. The van der Waals surface area contributed by atoms with Crippen molar-refractivity contribution in [2.45, 2.75) is 46.1 Å². The summed E-state index contributed by atoms with van der Waals surface area (Å²) in [6.45, 7) is 6.49. The quantitative estimate of drug-likeness (QED) is 0.517. The van der Waals surface area contributed by atoms with E-state index in [4.69, 9.17) is 0 Å². The molecule has 2 aromatic rings. The topological polar surface area (TPSA) is 104 Å². The van der Waals surface area contributed by atoms with Gasteiger partial charge >= 0.3 is 0 Å². The normalized spacial score (nSPS) is 17.0. The van der Waals surface area contributed by atoms with E-state index in [2.05, 4.69) is 5.32 Å². The number of ketones is 2. The molecule has 0 fully saturated rings. The molecule has 0 radical (unpaired) electrons. The molecular formula is C28H31NO5. The summed E-state index contributed by atoms with van der Waals surface area (Å²) in [4.78, 5) is 38.6. The molecule has 3 N–H and O–H groups in total. The van der Waals surface area contributed by atoms with Crippen molar-refractivity contribution in [3.05, 3.63) is 88.0 Å². The SMILES string of the molecule is CC1=C(C)C(=O)C(C(Cc2ccccc2)CC(C)(O)CNC(=O)c2ccccc2O)=C(C)C1=O. The number of phenolic OH excluding ortho intramolecular Hbond substituents is 1. The zero-order chi connectivity index (χ0) is 25.0. The van der Waals surface area contributed by atoms with Gasteiger partial charge in [0.25, 0.3) is 5.91 Å². The van der Waals surface area contributed by atoms with Crippen molar-refractivity contribution >= 4 is 17.5 Å². The third kappa shape index (κ3) is 5.51. The van der Waals surface area contributed by atoms with E-state index in [0.29, 0.717) is 28.7 Å². The highest BCUT2D eigenvalue weighted by molar-refractivity contribution is 6.24. The van der Waals surface area contributed by atoms with Crippen LogP contribution < -0.4 is 5.32 Å². The molecule has 3 rings (SSSR count). The Balaban J connectivity index is 1.86. The van der Waals surface area contributed by atoms with E-state index in [9.17, 15) is 24.6 Å². The lowest BCUT2D eigenvalue weighted by Crippen LogP contribution is -2.43. The van der Waals surface area contributed by atoms with E-state index in [0.717, 1.165) is 5.56 Å². The molecule has 0 saturated heterocycles. The summed E-state index contributed by atoms with van der Waals surface area (Å²) in [5, 5.41) is 23.8. The number of phenols is 1. The van der Waals surface area contributed by atoms with Gasteiger partial charge in [0, 0.05) is 28.8 Å². The van der Waals surface area contributed by atoms with Crippen molar-refractivity contribution in [2.75, 3.05) is 6.54 Å². The number of para-hydroxylation sites is 1. The van der Waals surface area contributed by atoms with E-state index in [1.165, 1.54) is 12.1 Å². The highest BCUT2D eigenvalue weighted by atomic mass is 16.3. The second-order valence-electron chi connectivity index (χ2n) is 9.23. The number of benzene rings is 2. The van der Waals surface area contributed by atoms with Crippen LogP contribution in [0.3, 0.4) is 0 Å². The number of amides is 1. The average Bonchev–Trinajstić information content (AvgIpc) is 2.81. The van der Waals surface area contributed by atoms with Crippen molar-refractivity contribution < 1.29 is 24.6 Å². The Morgan fingerprint density at radius 1 is 0.912 bits per heavy atom. The van der Waals surface area contributed by atoms with Crippen LogP contribution in [-0.4, -0.2) is 39.8 Å². The molecule has 2 aromatic carbocycles. The highest BCUT2D eigenvalue weighted by Gasteiger charge is 2.36. The molecule has 2 atom stereocenters. The summed E-state index contributed by atoms with van der Waals surface area (Å²) < 4.78 is 0. The van der Waals surface area contributed by atoms with Crippen LogP contribution in [0.2, 0.25) is 0 Å². The summed E-state index contributed by atoms with van der Waals surface area (Å²) in [6.07, 6.45) is 0.614. The predicted molar refractivity (Wildman–Crippen MR) is 130 cm³/mol. The minimum atomic E-state index is -1.37. The molecule has 0 saturated carbocycles. The van der Waals surface area contributed by atoms with Crippen LogP contribution >= 0.6 is 0 Å². The third-order valence-electron chi connectivity index (χ3n) is 6.43. The number of aliphatic hydroxyl groups is 1. The lowest BCUT2D eigenvalue weighted by Gasteiger charge is -2.32. The van der Waals surface area contributed by atoms with Crippen LogP contribution in [0.15, 0.2) is 76.9 Å². The fourth-order valence-corrected chi connectivity index (χ4v) is 4.42. The van der Waals surface area contributed by atoms with Gasteiger partial charge in [-0.05, 0) is 64.2 Å². The zero-order valence-electron chi connectivity index (χ0n) is 20.0. The Labute approximate surface area is 200 Å². The Hall–Kier alpha value is -3.51. The van der Waals surface area contributed by atoms with E-state index in [-0.39, 0.29) is 35.8 Å². The van der Waals surface area contributed by atoms with Crippen molar-refractivity contribution in [3.63, 3.8) is 0 Å². The molecule has 178 valence electrons. The molecule has 0 aliphatic heterocycles. The minimum Gasteiger partial charge on any atom is -0.507 e. The van der Waals surface area contributed by atoms with E-state index in [1.807, 2.05) is 30.3 Å². The molecule has 0 bridgehead atoms. The number of nitrogens with one attached hydrogen (secondary N) is 1. The number of allylic oxidation sites excluding steroid dienone is 4. The number of aromatic hydroxyl groups is 1. The summed E-state index contributed by atoms with van der Waals surface area (Å²) in [7, 11) is 0. The lowest BCUT2D eigenvalue weighted by molar-refractivity contribution is -0.117. The largest absolute Gasteiger partial charge is 0.507 e. The Kier molecular flexibility index (Phi) is 7.52. The minimum absolute atomic E-state index is 0.0895. The maximum absolute atomic E-state index is 13.3. The number of rotatable bonds is 8. The summed E-state index contributed by atoms with van der Waals surface area (Å²) in [5.74, 6) is -1.42. The van der Waals surface area contributed by atoms with Gasteiger partial charge in [-0.3, -0.25) is 14.4 Å². The molecule has 6 heteroatoms. The van der Waals surface area contributed by atoms with Crippen molar-refractivity contribution in [1.82, 2.24) is 5.32 Å². The van der Waals surface area contributed by atoms with Gasteiger partial charge in [0.1, 0.15) is 5.75 Å². The van der Waals surface area contributed by atoms with Gasteiger partial charge < -0.3 is 15.5 Å². The van der Waals surface area contributed by atoms with Crippen LogP contribution in [0.25, 0.3) is 0 Å². The number of hydrogen-bond donors (Lipinski definition) is 3. The van der Waals surface area contributed by atoms with Gasteiger partial charge in [0.15, 0.2) is 11.6 Å². The fourth-order valence-electron chi connectivity index (χ4n) is 4.42. The molecule has 0 spiro atoms. The Bertz CT molecular complexity index is 1170. The summed E-state index contributed by atoms with van der Waals surface area (Å²) >= 11 is 0. The monoisotopic (exact) mass is 461 g/mol. The van der Waals surface area contributed by atoms with Crippen LogP contribution in [0, 0.1) is 5.92 Å². The van der Waals surface area contributed by atoms with Crippen molar-refractivity contribution in [1.29, 1.82) is 0 Å². The lowest BCUT2D eigenvalue weighted by atomic mass is 9.74. The molecule has 2 unspecified atom stereocenters. The zero-order valence-corrected chi connectivity index (χ0v) is 20.0. The predicted octanol–water partition coefficient (Wildman–Crippen LogP) is 3.93. The molecule has 34 heavy (non-hydrogen) atoms. The van der Waals surface area contributed by atoms with E-state index >= 15 is 0 Å². The second kappa shape index (κ2) is 10.2. The molecule has 0 heterocycles. The first kappa shape index (κ1) is 25.1. The van der Waals surface area contributed by atoms with Gasteiger partial charge in [-0.25, -0.2) is 0 Å². The number of Topliss-reactive ketones (excluding diaryl/α,β-unsaturated/α-hetero) is 2. The van der Waals surface area contributed by atoms with Crippen LogP contribution in [0.4, 0.5) is 0 Å². The third-order valence-corrected chi connectivity index (χ3v) is 6.43. The Morgan fingerprint density at radius 2 is 1.50 bits per heavy atom. The van der Waals surface area contributed by atoms with Crippen LogP contribution in [0.1, 0.15) is 50.0 Å². The smallest absolute Gasteiger partial charge is 0.255 e.